The van der Waals surface area contributed by atoms with Gasteiger partial charge in [0.2, 0.25) is 0 Å². The van der Waals surface area contributed by atoms with Gasteiger partial charge < -0.3 is 15.0 Å². The van der Waals surface area contributed by atoms with Crippen LogP contribution in [0.1, 0.15) is 19.8 Å². The number of nitrogens with zero attached hydrogens (tertiary/aromatic N) is 2. The molecule has 104 valence electrons. The van der Waals surface area contributed by atoms with E-state index in [1.807, 2.05) is 0 Å². The topological polar surface area (TPSA) is 99.2 Å². The van der Waals surface area contributed by atoms with Gasteiger partial charge in [0.15, 0.2) is 10.8 Å². The third-order valence-electron chi connectivity index (χ3n) is 2.34. The summed E-state index contributed by atoms with van der Waals surface area (Å²) in [5, 5.41) is -0.0175. The number of aryl methyl sites for hydroxylation is 1. The van der Waals surface area contributed by atoms with Gasteiger partial charge in [-0.05, 0) is 6.42 Å². The number of rotatable bonds is 8. The SMILES string of the molecule is CCCCOCCNS(=O)(=O)c1c(N)ncn1C. The summed E-state index contributed by atoms with van der Waals surface area (Å²) in [6.07, 6.45) is 3.39. The highest BCUT2D eigenvalue weighted by molar-refractivity contribution is 7.89. The molecule has 0 fully saturated rings. The molecule has 0 spiro atoms. The van der Waals surface area contributed by atoms with Crippen molar-refractivity contribution in [3.05, 3.63) is 6.33 Å². The minimum atomic E-state index is -3.63. The lowest BCUT2D eigenvalue weighted by atomic mass is 10.4. The van der Waals surface area contributed by atoms with Gasteiger partial charge in [-0.2, -0.15) is 0 Å². The van der Waals surface area contributed by atoms with E-state index in [2.05, 4.69) is 16.6 Å². The lowest BCUT2D eigenvalue weighted by Crippen LogP contribution is -2.29. The van der Waals surface area contributed by atoms with E-state index in [-0.39, 0.29) is 17.4 Å². The summed E-state index contributed by atoms with van der Waals surface area (Å²) < 4.78 is 32.9. The number of sulfonamides is 1. The first-order chi connectivity index (χ1) is 8.49. The standard InChI is InChI=1S/C10H20N4O3S/c1-3-4-6-17-7-5-13-18(15,16)10-9(11)12-8-14(10)2/h8,13H,3-7,11H2,1-2H3. The van der Waals surface area contributed by atoms with Gasteiger partial charge in [-0.3, -0.25) is 0 Å². The van der Waals surface area contributed by atoms with Crippen LogP contribution in [0, 0.1) is 0 Å². The third-order valence-corrected chi connectivity index (χ3v) is 3.94. The van der Waals surface area contributed by atoms with E-state index < -0.39 is 10.0 Å². The van der Waals surface area contributed by atoms with Gasteiger partial charge in [0.05, 0.1) is 12.9 Å². The molecule has 1 aromatic rings. The molecule has 0 aromatic carbocycles. The molecule has 0 atom stereocenters. The van der Waals surface area contributed by atoms with Crippen molar-refractivity contribution in [3.8, 4) is 0 Å². The molecule has 18 heavy (non-hydrogen) atoms. The fourth-order valence-electron chi connectivity index (χ4n) is 1.43. The summed E-state index contributed by atoms with van der Waals surface area (Å²) in [5.41, 5.74) is 5.52. The highest BCUT2D eigenvalue weighted by Crippen LogP contribution is 2.14. The first kappa shape index (κ1) is 14.9. The molecule has 0 unspecified atom stereocenters. The van der Waals surface area contributed by atoms with Crippen LogP contribution in [-0.2, 0) is 21.8 Å². The van der Waals surface area contributed by atoms with Crippen molar-refractivity contribution < 1.29 is 13.2 Å². The van der Waals surface area contributed by atoms with Crippen molar-refractivity contribution in [3.63, 3.8) is 0 Å². The Balaban J connectivity index is 2.46. The van der Waals surface area contributed by atoms with Crippen LogP contribution in [-0.4, -0.2) is 37.7 Å². The molecule has 7 nitrogen and oxygen atoms in total. The Hall–Kier alpha value is -1.12. The van der Waals surface area contributed by atoms with Crippen LogP contribution in [0.15, 0.2) is 11.4 Å². The Bertz CT molecular complexity index is 450. The molecular weight excluding hydrogens is 256 g/mol. The lowest BCUT2D eigenvalue weighted by Gasteiger charge is -2.08. The zero-order valence-electron chi connectivity index (χ0n) is 10.7. The van der Waals surface area contributed by atoms with Crippen LogP contribution in [0.2, 0.25) is 0 Å². The molecule has 1 heterocycles. The fourth-order valence-corrected chi connectivity index (χ4v) is 2.67. The van der Waals surface area contributed by atoms with Crippen molar-refractivity contribution in [2.75, 3.05) is 25.5 Å². The smallest absolute Gasteiger partial charge is 0.260 e. The van der Waals surface area contributed by atoms with Gasteiger partial charge in [-0.15, -0.1) is 0 Å². The summed E-state index contributed by atoms with van der Waals surface area (Å²) in [5.74, 6) is -0.00287. The minimum absolute atomic E-state index is 0.00287. The highest BCUT2D eigenvalue weighted by atomic mass is 32.2. The molecule has 0 amide bonds. The molecule has 0 saturated carbocycles. The molecule has 8 heteroatoms. The Labute approximate surface area is 107 Å². The number of hydrogen-bond acceptors (Lipinski definition) is 5. The number of aromatic nitrogens is 2. The van der Waals surface area contributed by atoms with Crippen molar-refractivity contribution in [2.45, 2.75) is 24.8 Å². The van der Waals surface area contributed by atoms with E-state index in [0.717, 1.165) is 12.8 Å². The molecule has 0 saturated heterocycles. The average Bonchev–Trinajstić information content (AvgIpc) is 2.64. The van der Waals surface area contributed by atoms with Gasteiger partial charge in [0.1, 0.15) is 0 Å². The summed E-state index contributed by atoms with van der Waals surface area (Å²) in [6, 6.07) is 0. The average molecular weight is 276 g/mol. The number of ether oxygens (including phenoxy) is 1. The van der Waals surface area contributed by atoms with E-state index in [1.54, 1.807) is 7.05 Å². The second-order valence-electron chi connectivity index (χ2n) is 3.91. The van der Waals surface area contributed by atoms with Crippen molar-refractivity contribution >= 4 is 15.8 Å². The number of imidazole rings is 1. The van der Waals surface area contributed by atoms with E-state index in [0.29, 0.717) is 13.2 Å². The van der Waals surface area contributed by atoms with Crippen LogP contribution in [0.5, 0.6) is 0 Å². The molecule has 0 aliphatic heterocycles. The second-order valence-corrected chi connectivity index (χ2v) is 5.59. The molecule has 1 rings (SSSR count). The Kier molecular flexibility index (Phi) is 5.57. The number of unbranched alkanes of at least 4 members (excludes halogenated alkanes) is 1. The van der Waals surface area contributed by atoms with Crippen LogP contribution in [0.25, 0.3) is 0 Å². The number of hydrogen-bond donors (Lipinski definition) is 2. The zero-order chi connectivity index (χ0) is 13.6. The van der Waals surface area contributed by atoms with Crippen molar-refractivity contribution in [1.82, 2.24) is 14.3 Å². The normalized spacial score (nSPS) is 11.9. The van der Waals surface area contributed by atoms with Crippen molar-refractivity contribution in [1.29, 1.82) is 0 Å². The highest BCUT2D eigenvalue weighted by Gasteiger charge is 2.21. The van der Waals surface area contributed by atoms with Gasteiger partial charge in [-0.25, -0.2) is 18.1 Å². The van der Waals surface area contributed by atoms with Crippen LogP contribution in [0.3, 0.4) is 0 Å². The number of anilines is 1. The monoisotopic (exact) mass is 276 g/mol. The second kappa shape index (κ2) is 6.72. The van der Waals surface area contributed by atoms with Crippen molar-refractivity contribution in [2.24, 2.45) is 7.05 Å². The lowest BCUT2D eigenvalue weighted by molar-refractivity contribution is 0.136. The van der Waals surface area contributed by atoms with Gasteiger partial charge in [0.25, 0.3) is 10.0 Å². The fraction of sp³-hybridized carbons (Fsp3) is 0.700. The third kappa shape index (κ3) is 3.97. The zero-order valence-corrected chi connectivity index (χ0v) is 11.5. The van der Waals surface area contributed by atoms with Crippen LogP contribution >= 0.6 is 0 Å². The van der Waals surface area contributed by atoms with E-state index in [4.69, 9.17) is 10.5 Å². The van der Waals surface area contributed by atoms with Gasteiger partial charge in [-0.1, -0.05) is 13.3 Å². The molecule has 3 N–H and O–H groups in total. The molecule has 1 aromatic heterocycles. The van der Waals surface area contributed by atoms with E-state index in [1.165, 1.54) is 10.9 Å². The predicted octanol–water partition coefficient (Wildman–Crippen LogP) is 0.0973. The number of nitrogens with two attached hydrogens (primary N) is 1. The summed E-state index contributed by atoms with van der Waals surface area (Å²) in [4.78, 5) is 3.74. The predicted molar refractivity (Wildman–Crippen MR) is 68.5 cm³/mol. The molecule has 0 aliphatic rings. The Morgan fingerprint density at radius 2 is 2.22 bits per heavy atom. The largest absolute Gasteiger partial charge is 0.381 e. The molecule has 0 radical (unpaired) electrons. The van der Waals surface area contributed by atoms with E-state index >= 15 is 0 Å². The maximum Gasteiger partial charge on any atom is 0.260 e. The number of nitrogens with one attached hydrogen (secondary N) is 1. The molecule has 0 bridgehead atoms. The van der Waals surface area contributed by atoms with Gasteiger partial charge >= 0.3 is 0 Å². The summed E-state index contributed by atoms with van der Waals surface area (Å²) >= 11 is 0. The molecule has 0 aliphatic carbocycles. The summed E-state index contributed by atoms with van der Waals surface area (Å²) in [6.45, 7) is 3.27. The quantitative estimate of drug-likeness (QED) is 0.656. The van der Waals surface area contributed by atoms with E-state index in [9.17, 15) is 8.42 Å². The number of nitrogen functional groups attached to an aromatic ring is 1. The Morgan fingerprint density at radius 3 is 2.78 bits per heavy atom. The van der Waals surface area contributed by atoms with Crippen LogP contribution in [0.4, 0.5) is 5.82 Å². The first-order valence-electron chi connectivity index (χ1n) is 5.83. The van der Waals surface area contributed by atoms with Gasteiger partial charge in [0, 0.05) is 20.2 Å². The Morgan fingerprint density at radius 1 is 1.50 bits per heavy atom. The molecular formula is C10H20N4O3S. The van der Waals surface area contributed by atoms with Crippen LogP contribution < -0.4 is 10.5 Å². The minimum Gasteiger partial charge on any atom is -0.381 e. The maximum atomic E-state index is 11.9. The first-order valence-corrected chi connectivity index (χ1v) is 7.31. The summed E-state index contributed by atoms with van der Waals surface area (Å²) in [7, 11) is -2.05. The maximum absolute atomic E-state index is 11.9.